The third kappa shape index (κ3) is 4.30. The van der Waals surface area contributed by atoms with Crippen LogP contribution in [0.15, 0.2) is 23.0 Å². The van der Waals surface area contributed by atoms with E-state index in [9.17, 15) is 18.8 Å². The fraction of sp³-hybridized carbons (Fsp3) is 0.409. The Morgan fingerprint density at radius 2 is 1.97 bits per heavy atom. The number of carbonyl (C=O) groups is 2. The Morgan fingerprint density at radius 1 is 1.29 bits per heavy atom. The number of nitrogens with zero attached hydrogens (tertiary/aromatic N) is 3. The first-order chi connectivity index (χ1) is 14.5. The molecule has 0 aliphatic carbocycles. The second-order valence-electron chi connectivity index (χ2n) is 8.35. The number of nitrogens with two attached hydrogens (primary N) is 1. The highest BCUT2D eigenvalue weighted by Gasteiger charge is 2.34. The first kappa shape index (κ1) is 22.8. The lowest BCUT2D eigenvalue weighted by molar-refractivity contribution is 0.0725. The normalized spacial score (nSPS) is 13.5. The van der Waals surface area contributed by atoms with Crippen LogP contribution in [0.5, 0.6) is 0 Å². The number of amides is 2. The number of hydrogen-bond acceptors (Lipinski definition) is 4. The van der Waals surface area contributed by atoms with Crippen molar-refractivity contribution in [3.8, 4) is 0 Å². The van der Waals surface area contributed by atoms with Gasteiger partial charge >= 0.3 is 0 Å². The van der Waals surface area contributed by atoms with E-state index in [4.69, 9.17) is 17.3 Å². The molecule has 9 heteroatoms. The van der Waals surface area contributed by atoms with Gasteiger partial charge in [0.25, 0.3) is 17.4 Å². The molecule has 0 fully saturated rings. The summed E-state index contributed by atoms with van der Waals surface area (Å²) in [5, 5.41) is -0.0303. The average Bonchev–Trinajstić information content (AvgIpc) is 2.69. The number of hydrogen-bond donors (Lipinski definition) is 1. The Kier molecular flexibility index (Phi) is 6.40. The molecule has 7 nitrogen and oxygen atoms in total. The number of anilines is 1. The smallest absolute Gasteiger partial charge is 0.275 e. The summed E-state index contributed by atoms with van der Waals surface area (Å²) in [6, 6.07) is 4.26. The minimum absolute atomic E-state index is 0.0303. The maximum absolute atomic E-state index is 13.5. The zero-order valence-electron chi connectivity index (χ0n) is 18.0. The fourth-order valence-corrected chi connectivity index (χ4v) is 4.00. The van der Waals surface area contributed by atoms with Gasteiger partial charge in [0, 0.05) is 33.7 Å². The molecule has 2 amide bonds. The van der Waals surface area contributed by atoms with Gasteiger partial charge in [0.05, 0.1) is 10.6 Å². The number of nitrogen functional groups attached to an aromatic ring is 1. The monoisotopic (exact) mass is 448 g/mol. The van der Waals surface area contributed by atoms with Gasteiger partial charge in [0.15, 0.2) is 0 Å². The summed E-state index contributed by atoms with van der Waals surface area (Å²) >= 11 is 5.85. The number of pyridine rings is 1. The van der Waals surface area contributed by atoms with Crippen molar-refractivity contribution in [1.82, 2.24) is 14.4 Å². The van der Waals surface area contributed by atoms with Gasteiger partial charge in [0.1, 0.15) is 17.2 Å². The Hall–Kier alpha value is -2.87. The number of carbonyl (C=O) groups excluding carboxylic acids is 2. The summed E-state index contributed by atoms with van der Waals surface area (Å²) in [7, 11) is 3.20. The molecule has 2 aromatic rings. The van der Waals surface area contributed by atoms with Crippen molar-refractivity contribution >= 4 is 29.1 Å². The molecule has 1 aliphatic rings. The van der Waals surface area contributed by atoms with E-state index in [1.54, 1.807) is 20.2 Å². The molecule has 166 valence electrons. The molecule has 31 heavy (non-hydrogen) atoms. The van der Waals surface area contributed by atoms with E-state index < -0.39 is 17.3 Å². The molecule has 1 aliphatic heterocycles. The van der Waals surface area contributed by atoms with Crippen molar-refractivity contribution in [3.63, 3.8) is 0 Å². The van der Waals surface area contributed by atoms with Crippen LogP contribution < -0.4 is 11.3 Å². The Bertz CT molecular complexity index is 1110. The van der Waals surface area contributed by atoms with E-state index >= 15 is 0 Å². The van der Waals surface area contributed by atoms with Gasteiger partial charge in [-0.15, -0.1) is 0 Å². The van der Waals surface area contributed by atoms with Crippen LogP contribution in [0.2, 0.25) is 5.02 Å². The highest BCUT2D eigenvalue weighted by molar-refractivity contribution is 6.30. The van der Waals surface area contributed by atoms with E-state index in [0.29, 0.717) is 30.6 Å². The second kappa shape index (κ2) is 8.70. The third-order valence-corrected chi connectivity index (χ3v) is 5.54. The quantitative estimate of drug-likeness (QED) is 0.761. The molecule has 0 bridgehead atoms. The SMILES string of the molecule is CC(C)Cn1c(C(=O)N(C)C)c2c(c(N)c1=O)C(=O)N(Cc1ccc(F)c(Cl)c1)CC2. The molecule has 1 aromatic carbocycles. The van der Waals surface area contributed by atoms with Crippen LogP contribution in [-0.4, -0.2) is 46.8 Å². The predicted octanol–water partition coefficient (Wildman–Crippen LogP) is 2.78. The Labute approximate surface area is 185 Å². The second-order valence-corrected chi connectivity index (χ2v) is 8.76. The zero-order chi connectivity index (χ0) is 23.0. The average molecular weight is 449 g/mol. The lowest BCUT2D eigenvalue weighted by Gasteiger charge is -2.32. The lowest BCUT2D eigenvalue weighted by atomic mass is 9.94. The highest BCUT2D eigenvalue weighted by Crippen LogP contribution is 2.28. The summed E-state index contributed by atoms with van der Waals surface area (Å²) in [4.78, 5) is 42.2. The van der Waals surface area contributed by atoms with E-state index in [1.807, 2.05) is 13.8 Å². The topological polar surface area (TPSA) is 88.6 Å². The number of halogens is 2. The van der Waals surface area contributed by atoms with Gasteiger partial charge in [-0.05, 0) is 35.6 Å². The van der Waals surface area contributed by atoms with Crippen LogP contribution in [-0.2, 0) is 19.5 Å². The summed E-state index contributed by atoms with van der Waals surface area (Å²) in [6.45, 7) is 4.70. The molecule has 3 rings (SSSR count). The van der Waals surface area contributed by atoms with Crippen LogP contribution in [0.4, 0.5) is 10.1 Å². The molecule has 2 N–H and O–H groups in total. The highest BCUT2D eigenvalue weighted by atomic mass is 35.5. The van der Waals surface area contributed by atoms with Gasteiger partial charge < -0.3 is 20.1 Å². The van der Waals surface area contributed by atoms with Crippen molar-refractivity contribution in [2.75, 3.05) is 26.4 Å². The van der Waals surface area contributed by atoms with Gasteiger partial charge in [-0.2, -0.15) is 0 Å². The molecule has 1 aromatic heterocycles. The van der Waals surface area contributed by atoms with Crippen molar-refractivity contribution in [1.29, 1.82) is 0 Å². The summed E-state index contributed by atoms with van der Waals surface area (Å²) in [6.07, 6.45) is 0.369. The number of rotatable bonds is 5. The Morgan fingerprint density at radius 3 is 2.55 bits per heavy atom. The predicted molar refractivity (Wildman–Crippen MR) is 118 cm³/mol. The lowest BCUT2D eigenvalue weighted by Crippen LogP contribution is -2.44. The van der Waals surface area contributed by atoms with Crippen molar-refractivity contribution in [3.05, 3.63) is 61.8 Å². The van der Waals surface area contributed by atoms with E-state index in [0.717, 1.165) is 0 Å². The fourth-order valence-electron chi connectivity index (χ4n) is 3.80. The van der Waals surface area contributed by atoms with E-state index in [-0.39, 0.29) is 40.3 Å². The van der Waals surface area contributed by atoms with Gasteiger partial charge in [0.2, 0.25) is 0 Å². The zero-order valence-corrected chi connectivity index (χ0v) is 18.8. The molecule has 0 atom stereocenters. The van der Waals surface area contributed by atoms with Crippen LogP contribution >= 0.6 is 11.6 Å². The van der Waals surface area contributed by atoms with E-state index in [2.05, 4.69) is 0 Å². The molecular weight excluding hydrogens is 423 g/mol. The van der Waals surface area contributed by atoms with Crippen LogP contribution in [0.1, 0.15) is 45.8 Å². The molecule has 0 radical (unpaired) electrons. The minimum Gasteiger partial charge on any atom is -0.394 e. The van der Waals surface area contributed by atoms with E-state index in [1.165, 1.54) is 26.5 Å². The Balaban J connectivity index is 2.10. The summed E-state index contributed by atoms with van der Waals surface area (Å²) < 4.78 is 14.9. The van der Waals surface area contributed by atoms with Gasteiger partial charge in [-0.1, -0.05) is 31.5 Å². The molecule has 0 spiro atoms. The molecule has 0 saturated heterocycles. The number of benzene rings is 1. The summed E-state index contributed by atoms with van der Waals surface area (Å²) in [5.41, 5.74) is 6.88. The van der Waals surface area contributed by atoms with Crippen LogP contribution in [0, 0.1) is 11.7 Å². The van der Waals surface area contributed by atoms with Crippen LogP contribution in [0.25, 0.3) is 0 Å². The van der Waals surface area contributed by atoms with Crippen molar-refractivity contribution in [2.45, 2.75) is 33.4 Å². The van der Waals surface area contributed by atoms with Crippen molar-refractivity contribution in [2.24, 2.45) is 5.92 Å². The standard InChI is InChI=1S/C22H26ClFN4O3/c1-12(2)10-28-19(22(31)26(3)4)14-7-8-27(20(29)17(14)18(25)21(28)30)11-13-5-6-16(24)15(23)9-13/h5-6,9,12H,7-8,10-11,25H2,1-4H3. The first-order valence-electron chi connectivity index (χ1n) is 10.0. The minimum atomic E-state index is -0.544. The van der Waals surface area contributed by atoms with Gasteiger partial charge in [-0.3, -0.25) is 14.4 Å². The van der Waals surface area contributed by atoms with Crippen LogP contribution in [0.3, 0.4) is 0 Å². The maximum atomic E-state index is 13.5. The molecule has 0 unspecified atom stereocenters. The molecule has 2 heterocycles. The number of fused-ring (bicyclic) bond motifs is 1. The van der Waals surface area contributed by atoms with Crippen molar-refractivity contribution < 1.29 is 14.0 Å². The van der Waals surface area contributed by atoms with Gasteiger partial charge in [-0.25, -0.2) is 4.39 Å². The maximum Gasteiger partial charge on any atom is 0.275 e. The molecular formula is C22H26ClFN4O3. The third-order valence-electron chi connectivity index (χ3n) is 5.25. The number of aromatic nitrogens is 1. The summed E-state index contributed by atoms with van der Waals surface area (Å²) in [5.74, 6) is -1.22. The molecule has 0 saturated carbocycles. The largest absolute Gasteiger partial charge is 0.394 e. The first-order valence-corrected chi connectivity index (χ1v) is 10.4.